The Hall–Kier alpha value is -1.94. The van der Waals surface area contributed by atoms with Crippen molar-refractivity contribution in [3.63, 3.8) is 0 Å². The molecule has 1 aromatic heterocycles. The normalized spacial score (nSPS) is 14.3. The molecule has 3 rings (SSSR count). The predicted molar refractivity (Wildman–Crippen MR) is 75.3 cm³/mol. The molecule has 1 aromatic carbocycles. The van der Waals surface area contributed by atoms with Crippen LogP contribution in [-0.2, 0) is 6.54 Å². The molecular weight excluding hydrogens is 255 g/mol. The fourth-order valence-electron chi connectivity index (χ4n) is 1.98. The second-order valence-electron chi connectivity index (χ2n) is 5.12. The Balaban J connectivity index is 1.82. The first-order chi connectivity index (χ1) is 9.72. The minimum Gasteiger partial charge on any atom is -0.454 e. The summed E-state index contributed by atoms with van der Waals surface area (Å²) in [6.07, 6.45) is 4.24. The van der Waals surface area contributed by atoms with Crippen LogP contribution in [-0.4, -0.2) is 11.0 Å². The van der Waals surface area contributed by atoms with Gasteiger partial charge in [0.15, 0.2) is 11.6 Å². The highest BCUT2D eigenvalue weighted by Crippen LogP contribution is 2.28. The Bertz CT molecular complexity index is 611. The number of rotatable bonds is 5. The second-order valence-corrected chi connectivity index (χ2v) is 5.12. The van der Waals surface area contributed by atoms with E-state index in [1.165, 1.54) is 18.9 Å². The SMILES string of the molecule is Cc1cc(Oc2ccccc2F)c(CNC2CC2)cn1. The molecule has 1 saturated carbocycles. The Morgan fingerprint density at radius 3 is 2.85 bits per heavy atom. The standard InChI is InChI=1S/C16H17FN2O/c1-11-8-16(20-15-5-3-2-4-14(15)17)12(9-18-11)10-19-13-6-7-13/h2-5,8-9,13,19H,6-7,10H2,1H3. The van der Waals surface area contributed by atoms with Gasteiger partial charge in [0.25, 0.3) is 0 Å². The lowest BCUT2D eigenvalue weighted by molar-refractivity contribution is 0.434. The summed E-state index contributed by atoms with van der Waals surface area (Å²) in [7, 11) is 0. The molecule has 0 radical (unpaired) electrons. The summed E-state index contributed by atoms with van der Waals surface area (Å²) in [5.41, 5.74) is 1.80. The average molecular weight is 272 g/mol. The van der Waals surface area contributed by atoms with Gasteiger partial charge in [0.05, 0.1) is 0 Å². The van der Waals surface area contributed by atoms with Crippen LogP contribution in [0.1, 0.15) is 24.1 Å². The molecule has 1 fully saturated rings. The lowest BCUT2D eigenvalue weighted by Gasteiger charge is -2.12. The summed E-state index contributed by atoms with van der Waals surface area (Å²) in [5, 5.41) is 3.42. The van der Waals surface area contributed by atoms with E-state index in [-0.39, 0.29) is 11.6 Å². The van der Waals surface area contributed by atoms with E-state index < -0.39 is 0 Å². The molecule has 104 valence electrons. The lowest BCUT2D eigenvalue weighted by atomic mass is 10.2. The molecule has 2 aromatic rings. The first kappa shape index (κ1) is 13.1. The second kappa shape index (κ2) is 5.59. The minimum absolute atomic E-state index is 0.241. The Morgan fingerprint density at radius 2 is 2.10 bits per heavy atom. The van der Waals surface area contributed by atoms with Crippen LogP contribution in [0.25, 0.3) is 0 Å². The highest BCUT2D eigenvalue weighted by molar-refractivity contribution is 5.38. The molecule has 0 amide bonds. The molecule has 3 nitrogen and oxygen atoms in total. The maximum absolute atomic E-state index is 13.7. The van der Waals surface area contributed by atoms with Gasteiger partial charge in [-0.25, -0.2) is 4.39 Å². The van der Waals surface area contributed by atoms with Crippen LogP contribution in [0.15, 0.2) is 36.5 Å². The zero-order valence-corrected chi connectivity index (χ0v) is 11.4. The number of nitrogens with one attached hydrogen (secondary N) is 1. The van der Waals surface area contributed by atoms with Gasteiger partial charge in [-0.1, -0.05) is 12.1 Å². The third-order valence-electron chi connectivity index (χ3n) is 3.30. The average Bonchev–Trinajstić information content (AvgIpc) is 3.25. The summed E-state index contributed by atoms with van der Waals surface area (Å²) in [6, 6.07) is 8.88. The number of benzene rings is 1. The number of halogens is 1. The lowest BCUT2D eigenvalue weighted by Crippen LogP contribution is -2.16. The van der Waals surface area contributed by atoms with Gasteiger partial charge in [-0.05, 0) is 31.9 Å². The van der Waals surface area contributed by atoms with Gasteiger partial charge >= 0.3 is 0 Å². The van der Waals surface area contributed by atoms with E-state index in [1.54, 1.807) is 24.4 Å². The fraction of sp³-hybridized carbons (Fsp3) is 0.312. The van der Waals surface area contributed by atoms with Gasteiger partial charge in [0.2, 0.25) is 0 Å². The van der Waals surface area contributed by atoms with E-state index in [9.17, 15) is 4.39 Å². The zero-order valence-electron chi connectivity index (χ0n) is 11.4. The summed E-state index contributed by atoms with van der Waals surface area (Å²) < 4.78 is 19.4. The molecule has 20 heavy (non-hydrogen) atoms. The van der Waals surface area contributed by atoms with E-state index >= 15 is 0 Å². The quantitative estimate of drug-likeness (QED) is 0.903. The number of ether oxygens (including phenoxy) is 1. The molecule has 0 spiro atoms. The van der Waals surface area contributed by atoms with Crippen LogP contribution in [0.2, 0.25) is 0 Å². The van der Waals surface area contributed by atoms with E-state index in [4.69, 9.17) is 4.74 Å². The summed E-state index contributed by atoms with van der Waals surface area (Å²) in [5.74, 6) is 0.546. The number of hydrogen-bond donors (Lipinski definition) is 1. The number of para-hydroxylation sites is 1. The maximum Gasteiger partial charge on any atom is 0.165 e. The smallest absolute Gasteiger partial charge is 0.165 e. The van der Waals surface area contributed by atoms with E-state index in [0.29, 0.717) is 18.3 Å². The third-order valence-corrected chi connectivity index (χ3v) is 3.30. The van der Waals surface area contributed by atoms with Gasteiger partial charge in [-0.3, -0.25) is 4.98 Å². The van der Waals surface area contributed by atoms with Crippen LogP contribution in [0.3, 0.4) is 0 Å². The Labute approximate surface area is 117 Å². The predicted octanol–water partition coefficient (Wildman–Crippen LogP) is 3.57. The van der Waals surface area contributed by atoms with Crippen LogP contribution >= 0.6 is 0 Å². The Kier molecular flexibility index (Phi) is 3.65. The molecule has 0 saturated heterocycles. The minimum atomic E-state index is -0.358. The molecule has 0 atom stereocenters. The van der Waals surface area contributed by atoms with Gasteiger partial charge in [0, 0.05) is 36.1 Å². The van der Waals surface area contributed by atoms with Crippen molar-refractivity contribution in [2.45, 2.75) is 32.4 Å². The Morgan fingerprint density at radius 1 is 1.30 bits per heavy atom. The zero-order chi connectivity index (χ0) is 13.9. The van der Waals surface area contributed by atoms with Crippen LogP contribution in [0, 0.1) is 12.7 Å². The van der Waals surface area contributed by atoms with Crippen molar-refractivity contribution in [1.82, 2.24) is 10.3 Å². The highest BCUT2D eigenvalue weighted by Gasteiger charge is 2.21. The van der Waals surface area contributed by atoms with Gasteiger partial charge in [-0.2, -0.15) is 0 Å². The van der Waals surface area contributed by atoms with Crippen molar-refractivity contribution in [3.8, 4) is 11.5 Å². The van der Waals surface area contributed by atoms with Crippen molar-refractivity contribution in [2.75, 3.05) is 0 Å². The van der Waals surface area contributed by atoms with Crippen molar-refractivity contribution < 1.29 is 9.13 Å². The van der Waals surface area contributed by atoms with Crippen molar-refractivity contribution in [2.24, 2.45) is 0 Å². The van der Waals surface area contributed by atoms with Crippen LogP contribution in [0.4, 0.5) is 4.39 Å². The van der Waals surface area contributed by atoms with E-state index in [1.807, 2.05) is 13.0 Å². The molecular formula is C16H17FN2O. The van der Waals surface area contributed by atoms with Gasteiger partial charge in [0.1, 0.15) is 5.75 Å². The summed E-state index contributed by atoms with van der Waals surface area (Å²) in [6.45, 7) is 2.59. The summed E-state index contributed by atoms with van der Waals surface area (Å²) >= 11 is 0. The van der Waals surface area contributed by atoms with Gasteiger partial charge < -0.3 is 10.1 Å². The number of nitrogens with zero attached hydrogens (tertiary/aromatic N) is 1. The fourth-order valence-corrected chi connectivity index (χ4v) is 1.98. The number of aryl methyl sites for hydroxylation is 1. The molecule has 1 aliphatic carbocycles. The number of pyridine rings is 1. The molecule has 0 bridgehead atoms. The van der Waals surface area contributed by atoms with Crippen molar-refractivity contribution in [1.29, 1.82) is 0 Å². The molecule has 4 heteroatoms. The summed E-state index contributed by atoms with van der Waals surface area (Å²) in [4.78, 5) is 4.29. The maximum atomic E-state index is 13.7. The van der Waals surface area contributed by atoms with Gasteiger partial charge in [-0.15, -0.1) is 0 Å². The first-order valence-corrected chi connectivity index (χ1v) is 6.83. The molecule has 1 N–H and O–H groups in total. The topological polar surface area (TPSA) is 34.1 Å². The molecule has 0 aliphatic heterocycles. The van der Waals surface area contributed by atoms with E-state index in [2.05, 4.69) is 10.3 Å². The third kappa shape index (κ3) is 3.14. The molecule has 1 heterocycles. The molecule has 1 aliphatic rings. The molecule has 0 unspecified atom stereocenters. The van der Waals surface area contributed by atoms with Crippen molar-refractivity contribution >= 4 is 0 Å². The number of aromatic nitrogens is 1. The highest BCUT2D eigenvalue weighted by atomic mass is 19.1. The first-order valence-electron chi connectivity index (χ1n) is 6.83. The van der Waals surface area contributed by atoms with E-state index in [0.717, 1.165) is 11.3 Å². The van der Waals surface area contributed by atoms with Crippen LogP contribution < -0.4 is 10.1 Å². The number of hydrogen-bond acceptors (Lipinski definition) is 3. The largest absolute Gasteiger partial charge is 0.454 e. The van der Waals surface area contributed by atoms with Crippen LogP contribution in [0.5, 0.6) is 11.5 Å². The van der Waals surface area contributed by atoms with Crippen molar-refractivity contribution in [3.05, 3.63) is 53.6 Å². The monoisotopic (exact) mass is 272 g/mol.